The third kappa shape index (κ3) is 2.32. The smallest absolute Gasteiger partial charge is 0.360 e. The number of ether oxygens (including phenoxy) is 1. The van der Waals surface area contributed by atoms with Crippen molar-refractivity contribution in [3.8, 4) is 5.69 Å². The van der Waals surface area contributed by atoms with Gasteiger partial charge in [0.05, 0.1) is 7.11 Å². The molecule has 106 valence electrons. The number of esters is 1. The van der Waals surface area contributed by atoms with Crippen LogP contribution in [-0.4, -0.2) is 36.7 Å². The lowest BCUT2D eigenvalue weighted by Crippen LogP contribution is -2.09. The van der Waals surface area contributed by atoms with Crippen molar-refractivity contribution in [1.29, 1.82) is 0 Å². The molecule has 0 atom stereocenters. The average molecular weight is 274 g/mol. The Labute approximate surface area is 117 Å². The SMILES string of the molecule is COC(=O)c1nc(C)n(-c2ccc(N(C)C)cc2)c1N. The summed E-state index contributed by atoms with van der Waals surface area (Å²) < 4.78 is 6.40. The van der Waals surface area contributed by atoms with Gasteiger partial charge in [-0.25, -0.2) is 9.78 Å². The molecule has 2 N–H and O–H groups in total. The highest BCUT2D eigenvalue weighted by Crippen LogP contribution is 2.23. The summed E-state index contributed by atoms with van der Waals surface area (Å²) in [6, 6.07) is 7.82. The quantitative estimate of drug-likeness (QED) is 0.861. The number of anilines is 2. The summed E-state index contributed by atoms with van der Waals surface area (Å²) in [5.74, 6) is 0.390. The summed E-state index contributed by atoms with van der Waals surface area (Å²) in [6.07, 6.45) is 0. The highest BCUT2D eigenvalue weighted by atomic mass is 16.5. The third-order valence-electron chi connectivity index (χ3n) is 3.08. The zero-order chi connectivity index (χ0) is 14.9. The van der Waals surface area contributed by atoms with Gasteiger partial charge in [0.1, 0.15) is 11.6 Å². The third-order valence-corrected chi connectivity index (χ3v) is 3.08. The molecule has 0 aliphatic carbocycles. The van der Waals surface area contributed by atoms with E-state index in [0.717, 1.165) is 11.4 Å². The summed E-state index contributed by atoms with van der Waals surface area (Å²) in [5, 5.41) is 0. The average Bonchev–Trinajstić information content (AvgIpc) is 2.73. The van der Waals surface area contributed by atoms with E-state index in [1.54, 1.807) is 11.5 Å². The van der Waals surface area contributed by atoms with Crippen LogP contribution in [0.25, 0.3) is 5.69 Å². The minimum atomic E-state index is -0.533. The maximum atomic E-state index is 11.6. The minimum absolute atomic E-state index is 0.140. The summed E-state index contributed by atoms with van der Waals surface area (Å²) >= 11 is 0. The van der Waals surface area contributed by atoms with E-state index in [0.29, 0.717) is 5.82 Å². The number of aromatic nitrogens is 2. The van der Waals surface area contributed by atoms with Gasteiger partial charge >= 0.3 is 5.97 Å². The van der Waals surface area contributed by atoms with Crippen molar-refractivity contribution in [3.05, 3.63) is 35.8 Å². The molecule has 6 heteroatoms. The second-order valence-corrected chi connectivity index (χ2v) is 4.63. The van der Waals surface area contributed by atoms with Gasteiger partial charge in [-0.3, -0.25) is 4.57 Å². The van der Waals surface area contributed by atoms with Crippen LogP contribution in [0.2, 0.25) is 0 Å². The highest BCUT2D eigenvalue weighted by Gasteiger charge is 2.19. The molecule has 0 unspecified atom stereocenters. The van der Waals surface area contributed by atoms with Crippen LogP contribution in [0.1, 0.15) is 16.3 Å². The standard InChI is InChI=1S/C14H18N4O2/c1-9-16-12(14(19)20-4)13(15)18(9)11-7-5-10(6-8-11)17(2)3/h5-8H,15H2,1-4H3. The van der Waals surface area contributed by atoms with Gasteiger partial charge in [-0.1, -0.05) is 0 Å². The molecule has 0 aliphatic rings. The monoisotopic (exact) mass is 274 g/mol. The van der Waals surface area contributed by atoms with E-state index in [1.807, 2.05) is 43.3 Å². The van der Waals surface area contributed by atoms with E-state index < -0.39 is 5.97 Å². The van der Waals surface area contributed by atoms with E-state index in [9.17, 15) is 4.79 Å². The van der Waals surface area contributed by atoms with Gasteiger partial charge < -0.3 is 15.4 Å². The van der Waals surface area contributed by atoms with Gasteiger partial charge in [-0.2, -0.15) is 0 Å². The van der Waals surface area contributed by atoms with E-state index in [4.69, 9.17) is 5.73 Å². The minimum Gasteiger partial charge on any atom is -0.464 e. The largest absolute Gasteiger partial charge is 0.464 e. The van der Waals surface area contributed by atoms with E-state index in [1.165, 1.54) is 7.11 Å². The second kappa shape index (κ2) is 5.24. The Morgan fingerprint density at radius 1 is 1.30 bits per heavy atom. The van der Waals surface area contributed by atoms with Crippen molar-refractivity contribution in [2.75, 3.05) is 31.8 Å². The molecule has 2 aromatic rings. The van der Waals surface area contributed by atoms with Crippen molar-refractivity contribution in [2.45, 2.75) is 6.92 Å². The molecule has 0 radical (unpaired) electrons. The fraction of sp³-hybridized carbons (Fsp3) is 0.286. The number of hydrogen-bond donors (Lipinski definition) is 1. The van der Waals surface area contributed by atoms with Crippen LogP contribution >= 0.6 is 0 Å². The molecule has 0 saturated carbocycles. The molecule has 2 rings (SSSR count). The molecule has 20 heavy (non-hydrogen) atoms. The van der Waals surface area contributed by atoms with Crippen LogP contribution in [0.15, 0.2) is 24.3 Å². The lowest BCUT2D eigenvalue weighted by molar-refractivity contribution is 0.0596. The molecule has 0 fully saturated rings. The Kier molecular flexibility index (Phi) is 3.65. The lowest BCUT2D eigenvalue weighted by Gasteiger charge is -2.14. The molecular formula is C14H18N4O2. The van der Waals surface area contributed by atoms with Gasteiger partial charge in [0.2, 0.25) is 0 Å². The van der Waals surface area contributed by atoms with Crippen LogP contribution in [0.4, 0.5) is 11.5 Å². The fourth-order valence-electron chi connectivity index (χ4n) is 2.02. The first-order valence-corrected chi connectivity index (χ1v) is 6.16. The van der Waals surface area contributed by atoms with Gasteiger partial charge in [-0.05, 0) is 31.2 Å². The number of hydrogen-bond acceptors (Lipinski definition) is 5. The first-order chi connectivity index (χ1) is 9.45. The molecule has 0 aliphatic heterocycles. The molecule has 1 aromatic carbocycles. The zero-order valence-electron chi connectivity index (χ0n) is 12.0. The number of nitrogens with two attached hydrogens (primary N) is 1. The van der Waals surface area contributed by atoms with Gasteiger partial charge in [-0.15, -0.1) is 0 Å². The van der Waals surface area contributed by atoms with Crippen LogP contribution in [0.5, 0.6) is 0 Å². The number of nitrogens with zero attached hydrogens (tertiary/aromatic N) is 3. The van der Waals surface area contributed by atoms with Crippen LogP contribution in [-0.2, 0) is 4.74 Å². The van der Waals surface area contributed by atoms with Gasteiger partial charge in [0.25, 0.3) is 0 Å². The van der Waals surface area contributed by atoms with Crippen molar-refractivity contribution in [1.82, 2.24) is 9.55 Å². The maximum Gasteiger partial charge on any atom is 0.360 e. The Balaban J connectivity index is 2.47. The Morgan fingerprint density at radius 2 is 1.90 bits per heavy atom. The predicted molar refractivity (Wildman–Crippen MR) is 78.4 cm³/mol. The number of benzene rings is 1. The normalized spacial score (nSPS) is 10.4. The number of aryl methyl sites for hydroxylation is 1. The first-order valence-electron chi connectivity index (χ1n) is 6.16. The molecule has 0 bridgehead atoms. The van der Waals surface area contributed by atoms with E-state index in [-0.39, 0.29) is 11.5 Å². The Bertz CT molecular complexity index is 629. The summed E-state index contributed by atoms with van der Waals surface area (Å²) in [7, 11) is 5.25. The number of carbonyl (C=O) groups is 1. The zero-order valence-corrected chi connectivity index (χ0v) is 12.0. The topological polar surface area (TPSA) is 73.4 Å². The molecule has 0 amide bonds. The number of nitrogen functional groups attached to an aromatic ring is 1. The van der Waals surface area contributed by atoms with Crippen molar-refractivity contribution < 1.29 is 9.53 Å². The fourth-order valence-corrected chi connectivity index (χ4v) is 2.02. The van der Waals surface area contributed by atoms with Crippen LogP contribution < -0.4 is 10.6 Å². The number of rotatable bonds is 3. The molecule has 1 heterocycles. The number of methoxy groups -OCH3 is 1. The van der Waals surface area contributed by atoms with Crippen molar-refractivity contribution in [3.63, 3.8) is 0 Å². The number of imidazole rings is 1. The van der Waals surface area contributed by atoms with E-state index >= 15 is 0 Å². The molecular weight excluding hydrogens is 256 g/mol. The first kappa shape index (κ1) is 13.9. The summed E-state index contributed by atoms with van der Waals surface area (Å²) in [5.41, 5.74) is 8.08. The predicted octanol–water partition coefficient (Wildman–Crippen LogP) is 1.62. The van der Waals surface area contributed by atoms with Crippen LogP contribution in [0.3, 0.4) is 0 Å². The Hall–Kier alpha value is -2.50. The molecule has 1 aromatic heterocycles. The molecule has 0 spiro atoms. The second-order valence-electron chi connectivity index (χ2n) is 4.63. The van der Waals surface area contributed by atoms with Crippen molar-refractivity contribution >= 4 is 17.5 Å². The van der Waals surface area contributed by atoms with Crippen molar-refractivity contribution in [2.24, 2.45) is 0 Å². The number of carbonyl (C=O) groups excluding carboxylic acids is 1. The van der Waals surface area contributed by atoms with Gasteiger partial charge in [0, 0.05) is 25.5 Å². The lowest BCUT2D eigenvalue weighted by atomic mass is 10.2. The summed E-state index contributed by atoms with van der Waals surface area (Å²) in [6.45, 7) is 1.79. The molecule has 6 nitrogen and oxygen atoms in total. The summed E-state index contributed by atoms with van der Waals surface area (Å²) in [4.78, 5) is 17.8. The molecule has 0 saturated heterocycles. The maximum absolute atomic E-state index is 11.6. The Morgan fingerprint density at radius 3 is 2.40 bits per heavy atom. The van der Waals surface area contributed by atoms with Crippen LogP contribution in [0, 0.1) is 6.92 Å². The van der Waals surface area contributed by atoms with Gasteiger partial charge in [0.15, 0.2) is 5.69 Å². The van der Waals surface area contributed by atoms with E-state index in [2.05, 4.69) is 9.72 Å². The highest BCUT2D eigenvalue weighted by molar-refractivity contribution is 5.92.